The van der Waals surface area contributed by atoms with Crippen molar-refractivity contribution in [1.82, 2.24) is 10.3 Å². The van der Waals surface area contributed by atoms with E-state index in [-0.39, 0.29) is 23.3 Å². The van der Waals surface area contributed by atoms with Crippen molar-refractivity contribution < 1.29 is 23.5 Å². The average molecular weight is 396 g/mol. The van der Waals surface area contributed by atoms with Crippen LogP contribution in [0.5, 0.6) is 5.88 Å². The summed E-state index contributed by atoms with van der Waals surface area (Å²) in [6.45, 7) is 6.01. The highest BCUT2D eigenvalue weighted by atomic mass is 19.1. The molecule has 1 aliphatic rings. The summed E-state index contributed by atoms with van der Waals surface area (Å²) in [5.74, 6) is -1.07. The maximum Gasteiger partial charge on any atom is 0.407 e. The lowest BCUT2D eigenvalue weighted by atomic mass is 9.86. The molecule has 156 valence electrons. The van der Waals surface area contributed by atoms with Gasteiger partial charge in [-0.25, -0.2) is 9.18 Å². The highest BCUT2D eigenvalue weighted by Crippen LogP contribution is 2.28. The lowest BCUT2D eigenvalue weighted by Gasteiger charge is -2.30. The van der Waals surface area contributed by atoms with Crippen LogP contribution in [0.1, 0.15) is 56.8 Å². The van der Waals surface area contributed by atoms with Gasteiger partial charge in [0.15, 0.2) is 11.6 Å². The summed E-state index contributed by atoms with van der Waals surface area (Å²) < 4.78 is 24.5. The summed E-state index contributed by atoms with van der Waals surface area (Å²) in [7, 11) is 1.35. The topological polar surface area (TPSA) is 116 Å². The number of alkyl carbamates (subject to hydrolysis) is 1. The molecule has 0 atom stereocenters. The molecule has 9 heteroatoms. The molecule has 8 nitrogen and oxygen atoms in total. The number of carbonyl (C=O) groups is 2. The average Bonchev–Trinajstić information content (AvgIpc) is 2.61. The van der Waals surface area contributed by atoms with E-state index in [1.165, 1.54) is 7.11 Å². The molecular formula is C19H29FN4O4. The number of ether oxygens (including phenoxy) is 2. The maximum absolute atomic E-state index is 14.3. The number of primary amides is 1. The van der Waals surface area contributed by atoms with E-state index in [1.807, 2.05) is 20.8 Å². The summed E-state index contributed by atoms with van der Waals surface area (Å²) in [4.78, 5) is 27.1. The molecule has 0 spiro atoms. The Kier molecular flexibility index (Phi) is 7.04. The van der Waals surface area contributed by atoms with Gasteiger partial charge in [-0.05, 0) is 58.4 Å². The number of halogens is 1. The number of pyridine rings is 1. The van der Waals surface area contributed by atoms with Gasteiger partial charge < -0.3 is 25.8 Å². The Labute approximate surface area is 164 Å². The molecule has 2 rings (SSSR count). The Morgan fingerprint density at radius 2 is 1.93 bits per heavy atom. The number of aromatic nitrogens is 1. The fourth-order valence-corrected chi connectivity index (χ4v) is 3.15. The second-order valence-electron chi connectivity index (χ2n) is 7.98. The molecule has 28 heavy (non-hydrogen) atoms. The molecule has 1 heterocycles. The zero-order valence-electron chi connectivity index (χ0n) is 16.8. The van der Waals surface area contributed by atoms with Crippen molar-refractivity contribution in [2.45, 2.75) is 58.1 Å². The van der Waals surface area contributed by atoms with Crippen molar-refractivity contribution in [3.05, 3.63) is 17.4 Å². The van der Waals surface area contributed by atoms with Crippen LogP contribution in [0.15, 0.2) is 6.07 Å². The molecule has 1 aromatic rings. The van der Waals surface area contributed by atoms with Crippen LogP contribution in [0.4, 0.5) is 15.0 Å². The molecule has 1 aliphatic carbocycles. The van der Waals surface area contributed by atoms with Crippen LogP contribution in [-0.2, 0) is 4.74 Å². The van der Waals surface area contributed by atoms with Gasteiger partial charge in [-0.2, -0.15) is 4.98 Å². The lowest BCUT2D eigenvalue weighted by Crippen LogP contribution is -2.37. The number of hydrogen-bond donors (Lipinski definition) is 3. The lowest BCUT2D eigenvalue weighted by molar-refractivity contribution is 0.0515. The first-order valence-corrected chi connectivity index (χ1v) is 9.36. The molecule has 1 fully saturated rings. The van der Waals surface area contributed by atoms with Crippen LogP contribution in [-0.4, -0.2) is 42.3 Å². The van der Waals surface area contributed by atoms with E-state index in [1.54, 1.807) is 0 Å². The van der Waals surface area contributed by atoms with E-state index in [9.17, 15) is 14.0 Å². The van der Waals surface area contributed by atoms with Crippen molar-refractivity contribution in [3.63, 3.8) is 0 Å². The number of amides is 2. The van der Waals surface area contributed by atoms with Crippen molar-refractivity contribution in [1.29, 1.82) is 0 Å². The van der Waals surface area contributed by atoms with E-state index >= 15 is 0 Å². The molecule has 0 bridgehead atoms. The van der Waals surface area contributed by atoms with Gasteiger partial charge in [-0.1, -0.05) is 0 Å². The van der Waals surface area contributed by atoms with Gasteiger partial charge in [-0.15, -0.1) is 0 Å². The highest BCUT2D eigenvalue weighted by Gasteiger charge is 2.25. The summed E-state index contributed by atoms with van der Waals surface area (Å²) >= 11 is 0. The predicted octanol–water partition coefficient (Wildman–Crippen LogP) is 2.82. The Bertz CT molecular complexity index is 713. The molecule has 1 saturated carbocycles. The van der Waals surface area contributed by atoms with E-state index in [0.29, 0.717) is 12.5 Å². The van der Waals surface area contributed by atoms with Gasteiger partial charge in [0.2, 0.25) is 5.88 Å². The number of methoxy groups -OCH3 is 1. The van der Waals surface area contributed by atoms with Crippen molar-refractivity contribution in [2.75, 3.05) is 19.0 Å². The molecule has 0 radical (unpaired) electrons. The quantitative estimate of drug-likeness (QED) is 0.681. The van der Waals surface area contributed by atoms with Crippen molar-refractivity contribution in [3.8, 4) is 5.88 Å². The van der Waals surface area contributed by atoms with Gasteiger partial charge in [0.25, 0.3) is 5.91 Å². The molecule has 0 saturated heterocycles. The van der Waals surface area contributed by atoms with Crippen LogP contribution >= 0.6 is 0 Å². The molecule has 0 unspecified atom stereocenters. The number of anilines is 1. The first-order valence-electron chi connectivity index (χ1n) is 9.36. The van der Waals surface area contributed by atoms with Crippen LogP contribution in [0, 0.1) is 11.7 Å². The van der Waals surface area contributed by atoms with Gasteiger partial charge >= 0.3 is 6.09 Å². The predicted molar refractivity (Wildman–Crippen MR) is 103 cm³/mol. The van der Waals surface area contributed by atoms with Crippen LogP contribution < -0.4 is 21.1 Å². The Balaban J connectivity index is 1.86. The third-order valence-corrected chi connectivity index (χ3v) is 4.52. The number of hydrogen-bond acceptors (Lipinski definition) is 6. The van der Waals surface area contributed by atoms with Crippen LogP contribution in [0.2, 0.25) is 0 Å². The van der Waals surface area contributed by atoms with E-state index < -0.39 is 23.4 Å². The molecular weight excluding hydrogens is 367 g/mol. The summed E-state index contributed by atoms with van der Waals surface area (Å²) in [5, 5.41) is 5.88. The third-order valence-electron chi connectivity index (χ3n) is 4.52. The maximum atomic E-state index is 14.3. The Morgan fingerprint density at radius 3 is 2.46 bits per heavy atom. The SMILES string of the molecule is COc1nc(NC2CCC(CNC(=O)OC(C)(C)C)CC2)c(F)cc1C(N)=O. The molecule has 1 aromatic heterocycles. The zero-order valence-corrected chi connectivity index (χ0v) is 16.8. The standard InChI is InChI=1S/C19H29FN4O4/c1-19(2,3)28-18(26)22-10-11-5-7-12(8-6-11)23-16-14(20)9-13(15(21)25)17(24-16)27-4/h9,11-12H,5-8,10H2,1-4H3,(H2,21,25)(H,22,26)(H,23,24). The minimum atomic E-state index is -0.798. The number of nitrogens with two attached hydrogens (primary N) is 1. The number of rotatable bonds is 6. The Morgan fingerprint density at radius 1 is 1.29 bits per heavy atom. The smallest absolute Gasteiger partial charge is 0.407 e. The van der Waals surface area contributed by atoms with Gasteiger partial charge in [-0.3, -0.25) is 4.79 Å². The minimum absolute atomic E-state index is 0.00773. The highest BCUT2D eigenvalue weighted by molar-refractivity contribution is 5.95. The van der Waals surface area contributed by atoms with Crippen LogP contribution in [0.3, 0.4) is 0 Å². The molecule has 0 aromatic carbocycles. The minimum Gasteiger partial charge on any atom is -0.480 e. The van der Waals surface area contributed by atoms with Gasteiger partial charge in [0.05, 0.1) is 7.11 Å². The first kappa shape index (κ1) is 21.7. The molecule has 2 amide bonds. The van der Waals surface area contributed by atoms with Gasteiger partial charge in [0, 0.05) is 12.6 Å². The number of nitrogens with zero attached hydrogens (tertiary/aromatic N) is 1. The first-order chi connectivity index (χ1) is 13.1. The molecule has 4 N–H and O–H groups in total. The van der Waals surface area contributed by atoms with E-state index in [0.717, 1.165) is 31.7 Å². The fraction of sp³-hybridized carbons (Fsp3) is 0.632. The second-order valence-corrected chi connectivity index (χ2v) is 7.98. The normalized spacial score (nSPS) is 19.6. The van der Waals surface area contributed by atoms with E-state index in [2.05, 4.69) is 15.6 Å². The van der Waals surface area contributed by atoms with Crippen molar-refractivity contribution in [2.24, 2.45) is 11.7 Å². The largest absolute Gasteiger partial charge is 0.480 e. The Hall–Kier alpha value is -2.58. The van der Waals surface area contributed by atoms with Crippen molar-refractivity contribution >= 4 is 17.8 Å². The third kappa shape index (κ3) is 6.24. The summed E-state index contributed by atoms with van der Waals surface area (Å²) in [6.07, 6.45) is 2.96. The number of nitrogens with one attached hydrogen (secondary N) is 2. The monoisotopic (exact) mass is 396 g/mol. The number of carbonyl (C=O) groups excluding carboxylic acids is 2. The summed E-state index contributed by atoms with van der Waals surface area (Å²) in [6, 6.07) is 1.08. The summed E-state index contributed by atoms with van der Waals surface area (Å²) in [5.41, 5.74) is 4.59. The fourth-order valence-electron chi connectivity index (χ4n) is 3.15. The zero-order chi connectivity index (χ0) is 20.9. The van der Waals surface area contributed by atoms with Gasteiger partial charge in [0.1, 0.15) is 11.2 Å². The second kappa shape index (κ2) is 9.07. The van der Waals surface area contributed by atoms with Crippen LogP contribution in [0.25, 0.3) is 0 Å². The molecule has 0 aliphatic heterocycles. The van der Waals surface area contributed by atoms with E-state index in [4.69, 9.17) is 15.2 Å².